The molecular formula is H52Mo7O26+2. The second-order valence-electron chi connectivity index (χ2n) is 0. The molecule has 0 unspecified atom stereocenters. The van der Waals surface area contributed by atoms with Crippen molar-refractivity contribution >= 4 is 0 Å². The maximum atomic E-state index is 6.25. The molecular weight excluding hydrogens is 1090 g/mol. The van der Waals surface area contributed by atoms with E-state index in [1.807, 2.05) is 0 Å². The summed E-state index contributed by atoms with van der Waals surface area (Å²) < 4.78 is 0. The molecule has 0 saturated carbocycles. The van der Waals surface area contributed by atoms with Gasteiger partial charge in [0.1, 0.15) is 0 Å². The van der Waals surface area contributed by atoms with E-state index in [1.54, 1.807) is 0 Å². The van der Waals surface area contributed by atoms with Gasteiger partial charge in [-0.2, -0.15) is 0 Å². The summed E-state index contributed by atoms with van der Waals surface area (Å²) in [5.74, 6) is 0. The first-order valence-electron chi connectivity index (χ1n) is 0.224. The van der Waals surface area contributed by atoms with Crippen LogP contribution in [0.2, 0.25) is 0 Å². The fourth-order valence-electron chi connectivity index (χ4n) is 0. The van der Waals surface area contributed by atoms with E-state index in [1.165, 1.54) is 0 Å². The van der Waals surface area contributed by atoms with E-state index in [2.05, 4.69) is 0 Å². The van der Waals surface area contributed by atoms with Crippen LogP contribution in [-0.4, -0.2) is 136 Å². The second-order valence-corrected chi connectivity index (χ2v) is 0. The Bertz CT molecular complexity index is 24.6. The zero-order chi connectivity index (χ0) is 2.00. The molecule has 33 heteroatoms. The summed E-state index contributed by atoms with van der Waals surface area (Å²) in [6.07, 6.45) is 0. The van der Waals surface area contributed by atoms with Crippen LogP contribution < -0.4 is 0 Å². The van der Waals surface area contributed by atoms with Gasteiger partial charge in [0.15, 0.2) is 0 Å². The topological polar surface area (TPSA) is 801 Å². The third-order valence-electron chi connectivity index (χ3n) is 0. The molecule has 0 heterocycles. The Morgan fingerprint density at radius 2 is 0.182 bits per heavy atom. The van der Waals surface area contributed by atoms with Crippen LogP contribution in [-0.2, 0) is 153 Å². The zero-order valence-electron chi connectivity index (χ0n) is 15.9. The monoisotopic (exact) mass is 1150 g/mol. The Labute approximate surface area is 286 Å². The second kappa shape index (κ2) is 3030. The molecule has 33 heavy (non-hydrogen) atoms. The van der Waals surface area contributed by atoms with E-state index in [0.717, 1.165) is 0 Å². The summed E-state index contributed by atoms with van der Waals surface area (Å²) in [7, 11) is 0. The van der Waals surface area contributed by atoms with Gasteiger partial charge in [-0.05, 0) is 0 Å². The Hall–Kier alpha value is 3.78. The van der Waals surface area contributed by atoms with Crippen LogP contribution in [0.1, 0.15) is 0 Å². The van der Waals surface area contributed by atoms with Gasteiger partial charge in [0.25, 0.3) is 0 Å². The van der Waals surface area contributed by atoms with E-state index in [-0.39, 0.29) is 279 Å². The van der Waals surface area contributed by atoms with Gasteiger partial charge in [0.05, 0.1) is 0 Å². The molecule has 0 aliphatic carbocycles. The molecule has 0 saturated heterocycles. The minimum atomic E-state index is 0. The van der Waals surface area contributed by atoms with Gasteiger partial charge in [-0.25, -0.2) is 0 Å². The van der Waals surface area contributed by atoms with E-state index in [9.17, 15) is 0 Å². The van der Waals surface area contributed by atoms with Crippen molar-refractivity contribution in [2.45, 2.75) is 0 Å². The first-order valence-corrected chi connectivity index (χ1v) is 0.224. The fourth-order valence-corrected chi connectivity index (χ4v) is 0. The zero-order valence-corrected chi connectivity index (χ0v) is 29.9. The molecule has 0 fully saturated rings. The molecule has 52 N–H and O–H groups in total. The van der Waals surface area contributed by atoms with Gasteiger partial charge in [0.2, 0.25) is 0 Å². The van der Waals surface area contributed by atoms with Crippen LogP contribution in [0.5, 0.6) is 0 Å². The molecule has 0 aromatic carbocycles. The van der Waals surface area contributed by atoms with E-state index in [0.29, 0.717) is 0 Å². The number of hydrogen-bond acceptors (Lipinski definition) is 1. The maximum Gasteiger partial charge on any atom is 0 e. The SMILES string of the molecule is O.O.O.O.O.O.O.O.O.O.O.O.O.O.O.O.O.O.O.O.O.O.O.O[OH2+].[Mo].[Mo].[Mo].[Mo].[Mo].[Mo].[Mo].[OH3+]. The molecule has 0 bridgehead atoms. The first kappa shape index (κ1) is 2060. The average molecular weight is 1140 g/mol. The summed E-state index contributed by atoms with van der Waals surface area (Å²) in [6, 6.07) is 0. The molecule has 0 aromatic rings. The van der Waals surface area contributed by atoms with Crippen molar-refractivity contribution in [3.63, 3.8) is 0 Å². The largest absolute Gasteiger partial charge is 0.457 e. The first-order chi connectivity index (χ1) is 1.00. The van der Waals surface area contributed by atoms with Gasteiger partial charge in [-0.3, -0.25) is 5.26 Å². The average Bonchev–Trinajstić information content (AvgIpc) is 1.00. The fraction of sp³-hybridized carbons (Fsp3) is 0. The summed E-state index contributed by atoms with van der Waals surface area (Å²) in [5.41, 5.74) is 0. The number of rotatable bonds is 0. The van der Waals surface area contributed by atoms with Crippen LogP contribution in [0, 0.1) is 0 Å². The molecule has 0 aliphatic rings. The summed E-state index contributed by atoms with van der Waals surface area (Å²) in [5, 5.41) is 11.0. The minimum Gasteiger partial charge on any atom is -0.457 e. The molecule has 0 radical (unpaired) electrons. The third kappa shape index (κ3) is 2860. The van der Waals surface area contributed by atoms with Crippen molar-refractivity contribution in [3.05, 3.63) is 0 Å². The maximum absolute atomic E-state index is 6.25. The smallest absolute Gasteiger partial charge is 0 e. The predicted molar refractivity (Wildman–Crippen MR) is 94.2 cm³/mol. The van der Waals surface area contributed by atoms with Crippen LogP contribution in [0.3, 0.4) is 0 Å². The van der Waals surface area contributed by atoms with Crippen LogP contribution in [0.4, 0.5) is 0 Å². The van der Waals surface area contributed by atoms with Gasteiger partial charge in [-0.1, -0.05) is 0 Å². The number of hydrogen-bond donors (Lipinski definition) is 1. The van der Waals surface area contributed by atoms with Gasteiger partial charge >= 0.3 is 0 Å². The van der Waals surface area contributed by atoms with Gasteiger partial charge in [0, 0.05) is 147 Å². The Balaban J connectivity index is -0.0000000000108. The molecule has 0 aromatic heterocycles. The van der Waals surface area contributed by atoms with Crippen LogP contribution in [0.15, 0.2) is 0 Å². The van der Waals surface area contributed by atoms with Crippen molar-refractivity contribution in [1.29, 1.82) is 0 Å². The molecule has 248 valence electrons. The Morgan fingerprint density at radius 1 is 0.182 bits per heavy atom. The van der Waals surface area contributed by atoms with Gasteiger partial charge in [-0.15, -0.1) is 5.26 Å². The van der Waals surface area contributed by atoms with Crippen LogP contribution in [0.25, 0.3) is 0 Å². The normalized spacial score (nSPS) is 0.182. The summed E-state index contributed by atoms with van der Waals surface area (Å²) >= 11 is 0. The van der Waals surface area contributed by atoms with Gasteiger partial charge < -0.3 is 131 Å². The van der Waals surface area contributed by atoms with Crippen LogP contribution >= 0.6 is 0 Å². The third-order valence-corrected chi connectivity index (χ3v) is 0. The van der Waals surface area contributed by atoms with Crippen molar-refractivity contribution in [1.82, 2.24) is 0 Å². The van der Waals surface area contributed by atoms with Crippen molar-refractivity contribution in [2.24, 2.45) is 0 Å². The van der Waals surface area contributed by atoms with E-state index < -0.39 is 0 Å². The van der Waals surface area contributed by atoms with Crippen molar-refractivity contribution in [3.8, 4) is 0 Å². The molecule has 0 spiro atoms. The molecule has 0 amide bonds. The molecule has 26 nitrogen and oxygen atoms in total. The molecule has 0 rings (SSSR count). The molecule has 0 aliphatic heterocycles. The van der Waals surface area contributed by atoms with E-state index >= 15 is 0 Å². The Kier molecular flexibility index (Phi) is 189000. The van der Waals surface area contributed by atoms with E-state index in [4.69, 9.17) is 10.5 Å². The van der Waals surface area contributed by atoms with Crippen molar-refractivity contribution < 1.29 is 289 Å². The quantitative estimate of drug-likeness (QED) is 0.105. The summed E-state index contributed by atoms with van der Waals surface area (Å²) in [4.78, 5) is 0. The molecule has 0 atom stereocenters. The van der Waals surface area contributed by atoms with Crippen molar-refractivity contribution in [2.75, 3.05) is 0 Å². The minimum absolute atomic E-state index is 0. The summed E-state index contributed by atoms with van der Waals surface area (Å²) in [6.45, 7) is 0. The predicted octanol–water partition coefficient (Wildman–Crippen LogP) is -20.7. The standard InChI is InChI=1S/7Mo.H2O2.24H2O/c;;;;;;;1-2;;;;;;;;;;;;;;;;;;;;;;;;/h;;;;;;;1-2H;24*1H2/p+2. The Morgan fingerprint density at radius 3 is 0.182 bits per heavy atom.